The van der Waals surface area contributed by atoms with Crippen molar-refractivity contribution in [1.29, 1.82) is 0 Å². The topological polar surface area (TPSA) is 64.9 Å². The van der Waals surface area contributed by atoms with Crippen molar-refractivity contribution in [2.75, 3.05) is 0 Å². The molecule has 0 spiro atoms. The summed E-state index contributed by atoms with van der Waals surface area (Å²) in [6.45, 7) is 0. The minimum atomic E-state index is -0.0762. The van der Waals surface area contributed by atoms with E-state index in [1.54, 1.807) is 0 Å². The fraction of sp³-hybridized carbons (Fsp3) is 0.385. The third-order valence-corrected chi connectivity index (χ3v) is 3.43. The molecule has 2 aromatic rings. The second-order valence-corrected chi connectivity index (χ2v) is 5.15. The van der Waals surface area contributed by atoms with Crippen LogP contribution in [0.3, 0.4) is 0 Å². The van der Waals surface area contributed by atoms with E-state index in [1.807, 2.05) is 24.3 Å². The Morgan fingerprint density at radius 1 is 1.33 bits per heavy atom. The molecule has 1 aliphatic carbocycles. The van der Waals surface area contributed by atoms with Crippen LogP contribution in [-0.4, -0.2) is 10.1 Å². The standard InChI is InChI=1S/C13H14ClN3O/c14-10-5-1-8(2-6-10)7-11-16-13(17-18-11)12(15)9-3-4-9/h1-2,5-6,9,12H,3-4,7,15H2. The van der Waals surface area contributed by atoms with Crippen LogP contribution in [-0.2, 0) is 6.42 Å². The number of rotatable bonds is 4. The maximum Gasteiger partial charge on any atom is 0.231 e. The predicted molar refractivity (Wildman–Crippen MR) is 68.2 cm³/mol. The van der Waals surface area contributed by atoms with Crippen molar-refractivity contribution in [2.24, 2.45) is 11.7 Å². The van der Waals surface area contributed by atoms with Gasteiger partial charge in [-0.15, -0.1) is 0 Å². The van der Waals surface area contributed by atoms with Crippen molar-refractivity contribution >= 4 is 11.6 Å². The minimum absolute atomic E-state index is 0.0762. The van der Waals surface area contributed by atoms with E-state index < -0.39 is 0 Å². The summed E-state index contributed by atoms with van der Waals surface area (Å²) in [5, 5.41) is 4.68. The lowest BCUT2D eigenvalue weighted by molar-refractivity contribution is 0.373. The van der Waals surface area contributed by atoms with Crippen LogP contribution in [0.5, 0.6) is 0 Å². The maximum atomic E-state index is 6.02. The van der Waals surface area contributed by atoms with E-state index in [2.05, 4.69) is 10.1 Å². The van der Waals surface area contributed by atoms with Crippen molar-refractivity contribution in [3.05, 3.63) is 46.6 Å². The molecular weight excluding hydrogens is 250 g/mol. The molecule has 1 saturated carbocycles. The van der Waals surface area contributed by atoms with E-state index in [0.717, 1.165) is 10.6 Å². The monoisotopic (exact) mass is 263 g/mol. The third-order valence-electron chi connectivity index (χ3n) is 3.18. The molecule has 0 radical (unpaired) electrons. The third kappa shape index (κ3) is 2.54. The summed E-state index contributed by atoms with van der Waals surface area (Å²) < 4.78 is 5.22. The molecule has 1 aromatic carbocycles. The average Bonchev–Trinajstić information content (AvgIpc) is 3.12. The van der Waals surface area contributed by atoms with Gasteiger partial charge in [0.25, 0.3) is 0 Å². The van der Waals surface area contributed by atoms with Gasteiger partial charge in [-0.2, -0.15) is 4.98 Å². The largest absolute Gasteiger partial charge is 0.339 e. The van der Waals surface area contributed by atoms with Gasteiger partial charge in [0, 0.05) is 5.02 Å². The van der Waals surface area contributed by atoms with Crippen LogP contribution < -0.4 is 5.73 Å². The van der Waals surface area contributed by atoms with Gasteiger partial charge >= 0.3 is 0 Å². The van der Waals surface area contributed by atoms with Crippen LogP contribution in [0.25, 0.3) is 0 Å². The Balaban J connectivity index is 1.71. The lowest BCUT2D eigenvalue weighted by atomic mass is 10.1. The zero-order chi connectivity index (χ0) is 12.5. The zero-order valence-corrected chi connectivity index (χ0v) is 10.6. The fourth-order valence-corrected chi connectivity index (χ4v) is 2.04. The highest BCUT2D eigenvalue weighted by Gasteiger charge is 2.32. The minimum Gasteiger partial charge on any atom is -0.339 e. The Hall–Kier alpha value is -1.39. The van der Waals surface area contributed by atoms with Crippen molar-refractivity contribution < 1.29 is 4.52 Å². The molecule has 1 aliphatic rings. The first-order valence-electron chi connectivity index (χ1n) is 6.05. The van der Waals surface area contributed by atoms with Gasteiger partial charge in [-0.3, -0.25) is 0 Å². The molecule has 5 heteroatoms. The van der Waals surface area contributed by atoms with Gasteiger partial charge in [0.1, 0.15) is 0 Å². The Kier molecular flexibility index (Phi) is 3.06. The van der Waals surface area contributed by atoms with Crippen LogP contribution in [0.15, 0.2) is 28.8 Å². The molecule has 0 saturated heterocycles. The number of halogens is 1. The summed E-state index contributed by atoms with van der Waals surface area (Å²) in [7, 11) is 0. The quantitative estimate of drug-likeness (QED) is 0.921. The molecule has 4 nitrogen and oxygen atoms in total. The van der Waals surface area contributed by atoms with Crippen LogP contribution in [0, 0.1) is 5.92 Å². The molecule has 0 aliphatic heterocycles. The Morgan fingerprint density at radius 2 is 2.06 bits per heavy atom. The van der Waals surface area contributed by atoms with Crippen LogP contribution in [0.4, 0.5) is 0 Å². The Bertz CT molecular complexity index is 533. The molecule has 1 heterocycles. The molecule has 0 amide bonds. The van der Waals surface area contributed by atoms with E-state index in [-0.39, 0.29) is 6.04 Å². The lowest BCUT2D eigenvalue weighted by Gasteiger charge is -2.01. The maximum absolute atomic E-state index is 6.02. The van der Waals surface area contributed by atoms with Crippen LogP contribution >= 0.6 is 11.6 Å². The first-order chi connectivity index (χ1) is 8.72. The van der Waals surface area contributed by atoms with E-state index in [1.165, 1.54) is 12.8 Å². The van der Waals surface area contributed by atoms with Gasteiger partial charge in [-0.05, 0) is 36.5 Å². The number of nitrogens with two attached hydrogens (primary N) is 1. The van der Waals surface area contributed by atoms with Crippen LogP contribution in [0.1, 0.15) is 36.2 Å². The number of aromatic nitrogens is 2. The molecule has 2 N–H and O–H groups in total. The highest BCUT2D eigenvalue weighted by molar-refractivity contribution is 6.30. The highest BCUT2D eigenvalue weighted by atomic mass is 35.5. The first-order valence-corrected chi connectivity index (χ1v) is 6.42. The van der Waals surface area contributed by atoms with E-state index in [0.29, 0.717) is 24.1 Å². The number of benzene rings is 1. The second-order valence-electron chi connectivity index (χ2n) is 4.71. The summed E-state index contributed by atoms with van der Waals surface area (Å²) in [6.07, 6.45) is 2.95. The summed E-state index contributed by atoms with van der Waals surface area (Å²) in [5.41, 5.74) is 7.12. The summed E-state index contributed by atoms with van der Waals surface area (Å²) >= 11 is 5.83. The Morgan fingerprint density at radius 3 is 2.72 bits per heavy atom. The van der Waals surface area contributed by atoms with Gasteiger partial charge in [0.2, 0.25) is 5.89 Å². The molecule has 18 heavy (non-hydrogen) atoms. The van der Waals surface area contributed by atoms with Gasteiger partial charge in [0.15, 0.2) is 5.82 Å². The van der Waals surface area contributed by atoms with Crippen molar-refractivity contribution in [1.82, 2.24) is 10.1 Å². The zero-order valence-electron chi connectivity index (χ0n) is 9.84. The molecule has 94 valence electrons. The molecule has 1 aromatic heterocycles. The number of nitrogens with zero attached hydrogens (tertiary/aromatic N) is 2. The van der Waals surface area contributed by atoms with Crippen molar-refractivity contribution in [2.45, 2.75) is 25.3 Å². The summed E-state index contributed by atoms with van der Waals surface area (Å²) in [4.78, 5) is 4.35. The molecular formula is C13H14ClN3O. The smallest absolute Gasteiger partial charge is 0.231 e. The Labute approximate surface area is 110 Å². The average molecular weight is 264 g/mol. The summed E-state index contributed by atoms with van der Waals surface area (Å²) in [6, 6.07) is 7.53. The van der Waals surface area contributed by atoms with Gasteiger partial charge < -0.3 is 10.3 Å². The van der Waals surface area contributed by atoms with Crippen molar-refractivity contribution in [3.63, 3.8) is 0 Å². The summed E-state index contributed by atoms with van der Waals surface area (Å²) in [5.74, 6) is 1.76. The lowest BCUT2D eigenvalue weighted by Crippen LogP contribution is -2.14. The molecule has 0 bridgehead atoms. The van der Waals surface area contributed by atoms with Gasteiger partial charge in [-0.25, -0.2) is 0 Å². The SMILES string of the molecule is NC(c1noc(Cc2ccc(Cl)cc2)n1)C1CC1. The normalized spacial score (nSPS) is 16.8. The molecule has 1 atom stereocenters. The predicted octanol–water partition coefficient (Wildman–Crippen LogP) is 2.72. The van der Waals surface area contributed by atoms with Gasteiger partial charge in [-0.1, -0.05) is 28.9 Å². The van der Waals surface area contributed by atoms with Crippen molar-refractivity contribution in [3.8, 4) is 0 Å². The molecule has 1 fully saturated rings. The van der Waals surface area contributed by atoms with E-state index in [9.17, 15) is 0 Å². The van der Waals surface area contributed by atoms with Crippen LogP contribution in [0.2, 0.25) is 5.02 Å². The highest BCUT2D eigenvalue weighted by Crippen LogP contribution is 2.38. The first kappa shape index (κ1) is 11.7. The molecule has 1 unspecified atom stereocenters. The van der Waals surface area contributed by atoms with Gasteiger partial charge in [0.05, 0.1) is 12.5 Å². The second kappa shape index (κ2) is 4.71. The fourth-order valence-electron chi connectivity index (χ4n) is 1.92. The number of hydrogen-bond acceptors (Lipinski definition) is 4. The van der Waals surface area contributed by atoms with E-state index in [4.69, 9.17) is 21.9 Å². The number of hydrogen-bond donors (Lipinski definition) is 1. The molecule has 3 rings (SSSR count). The van der Waals surface area contributed by atoms with E-state index >= 15 is 0 Å².